The molecule has 3 aliphatic carbocycles. The van der Waals surface area contributed by atoms with E-state index in [1.54, 1.807) is 48.5 Å². The summed E-state index contributed by atoms with van der Waals surface area (Å²) in [7, 11) is 0. The fraction of sp³-hybridized carbons (Fsp3) is 0.557. The van der Waals surface area contributed by atoms with Gasteiger partial charge in [-0.15, -0.1) is 0 Å². The normalized spacial score (nSPS) is 18.9. The minimum atomic E-state index is -0.279. The van der Waals surface area contributed by atoms with Gasteiger partial charge < -0.3 is 34.6 Å². The first-order valence-electron chi connectivity index (χ1n) is 54.3. The van der Waals surface area contributed by atoms with E-state index < -0.39 is 0 Å². The molecule has 4 N–H and O–H groups in total. The van der Waals surface area contributed by atoms with E-state index in [9.17, 15) is 39.6 Å². The quantitative estimate of drug-likeness (QED) is 0.0161. The van der Waals surface area contributed by atoms with Gasteiger partial charge in [0, 0.05) is 106 Å². The van der Waals surface area contributed by atoms with Gasteiger partial charge in [0.25, 0.3) is 0 Å². The smallest absolute Gasteiger partial charge is 0.338 e. The zero-order valence-electron chi connectivity index (χ0n) is 91.5. The summed E-state index contributed by atoms with van der Waals surface area (Å²) in [4.78, 5) is 63.1. The number of esters is 3. The Balaban J connectivity index is 0.000000339. The van der Waals surface area contributed by atoms with Gasteiger partial charge in [-0.05, 0) is 361 Å². The zero-order valence-corrected chi connectivity index (χ0v) is 91.5. The lowest BCUT2D eigenvalue weighted by molar-refractivity contribution is -0.0181. The zero-order chi connectivity index (χ0) is 104. The van der Waals surface area contributed by atoms with Crippen LogP contribution in [0, 0.1) is 53.3 Å². The highest BCUT2D eigenvalue weighted by Crippen LogP contribution is 2.45. The van der Waals surface area contributed by atoms with Gasteiger partial charge in [0.05, 0.1) is 16.7 Å². The summed E-state index contributed by atoms with van der Waals surface area (Å²) in [5.41, 5.74) is 11.2. The fourth-order valence-corrected chi connectivity index (χ4v) is 22.9. The van der Waals surface area contributed by atoms with Crippen LogP contribution in [-0.4, -0.2) is 157 Å². The second kappa shape index (κ2) is 61.9. The molecule has 3 saturated carbocycles. The average Bonchev–Trinajstić information content (AvgIpc) is 0.811. The Hall–Kier alpha value is -9.90. The van der Waals surface area contributed by atoms with Crippen LogP contribution >= 0.6 is 0 Å². The molecule has 0 amide bonds. The number of benzene rings is 9. The number of carbonyl (C=O) groups is 4. The maximum atomic E-state index is 13.3. The van der Waals surface area contributed by atoms with Gasteiger partial charge in [-0.1, -0.05) is 270 Å². The Morgan fingerprint density at radius 3 is 0.678 bits per heavy atom. The first kappa shape index (κ1) is 127. The molecule has 14 atom stereocenters. The van der Waals surface area contributed by atoms with Gasteiger partial charge in [0.15, 0.2) is 5.78 Å². The minimum absolute atomic E-state index is 0. The summed E-state index contributed by atoms with van der Waals surface area (Å²) in [6, 6.07) is 76.0. The van der Waals surface area contributed by atoms with Crippen molar-refractivity contribution in [1.29, 1.82) is 0 Å². The molecule has 0 radical (unpaired) electrons. The lowest BCUT2D eigenvalue weighted by Crippen LogP contribution is -2.38. The molecule has 15 nitrogen and oxygen atoms in total. The van der Waals surface area contributed by atoms with Crippen molar-refractivity contribution in [3.8, 4) is 23.0 Å². The molecular weight excluding hydrogens is 1810 g/mol. The van der Waals surface area contributed by atoms with E-state index >= 15 is 0 Å². The van der Waals surface area contributed by atoms with Crippen LogP contribution in [0.4, 0.5) is 0 Å². The fourth-order valence-electron chi connectivity index (χ4n) is 22.9. The molecule has 0 aromatic heterocycles. The molecule has 15 heteroatoms. The Morgan fingerprint density at radius 2 is 0.473 bits per heavy atom. The number of hydrogen-bond acceptors (Lipinski definition) is 15. The van der Waals surface area contributed by atoms with Crippen LogP contribution in [0.1, 0.15) is 421 Å². The molecule has 0 unspecified atom stereocenters. The van der Waals surface area contributed by atoms with Crippen molar-refractivity contribution in [2.75, 3.05) is 26.2 Å². The Morgan fingerprint density at radius 1 is 0.274 bits per heavy atom. The third-order valence-electron chi connectivity index (χ3n) is 31.0. The number of phenols is 4. The summed E-state index contributed by atoms with van der Waals surface area (Å²) in [5, 5.41) is 43.7. The second-order valence-corrected chi connectivity index (χ2v) is 45.1. The highest BCUT2D eigenvalue weighted by Gasteiger charge is 2.39. The van der Waals surface area contributed by atoms with Crippen LogP contribution in [0.15, 0.2) is 224 Å². The molecule has 0 bridgehead atoms. The van der Waals surface area contributed by atoms with Crippen molar-refractivity contribution in [1.82, 2.24) is 19.6 Å². The second-order valence-electron chi connectivity index (χ2n) is 45.1. The van der Waals surface area contributed by atoms with E-state index in [1.165, 1.54) is 24.8 Å². The summed E-state index contributed by atoms with van der Waals surface area (Å²) in [6.07, 6.45) is 13.4. The van der Waals surface area contributed by atoms with E-state index in [4.69, 9.17) is 14.2 Å². The standard InChI is InChI=1S/3C32H47NO3.C31H39NO2.4CH4/c3*1-21(2)27-15-13-24(7)19-31(27)36-32(35)26-14-16-30(34)29(20-26)28(25-11-9-8-10-12-25)17-18-33(22(3)4)23(5)6;1-22(2)32(23(3)4)19-18-28(26-14-10-7-11-15-26)29-21-27(16-17-30(29)33)31(34)20-24(5)25-12-8-6-9-13-25;;;;/h3*8-12,14,16,20-24,27-28,31,34H,13,15,17-19H2,1-7H3;6-17,21-24,28,33H,18-20H2,1-5H3;4*1H4/t2*24-,27+,28+,31-;24-,27+,28-,31-;24-,28-;;;;/m1011..../s1. The van der Waals surface area contributed by atoms with Gasteiger partial charge in [0.2, 0.25) is 0 Å². The number of ketones is 1. The van der Waals surface area contributed by atoms with E-state index in [0.717, 1.165) is 135 Å². The van der Waals surface area contributed by atoms with E-state index in [0.29, 0.717) is 130 Å². The van der Waals surface area contributed by atoms with Crippen LogP contribution in [0.2, 0.25) is 0 Å². The van der Waals surface area contributed by atoms with Crippen LogP contribution in [0.25, 0.3) is 0 Å². The van der Waals surface area contributed by atoms with Gasteiger partial charge in [-0.25, -0.2) is 14.4 Å². The Labute approximate surface area is 886 Å². The molecule has 9 aromatic carbocycles. The van der Waals surface area contributed by atoms with Crippen molar-refractivity contribution in [3.63, 3.8) is 0 Å². The first-order chi connectivity index (χ1) is 67.5. The molecule has 806 valence electrons. The van der Waals surface area contributed by atoms with E-state index in [2.05, 4.69) is 260 Å². The van der Waals surface area contributed by atoms with Gasteiger partial charge in [0.1, 0.15) is 41.3 Å². The molecule has 3 fully saturated rings. The molecule has 0 aliphatic heterocycles. The van der Waals surface area contributed by atoms with E-state index in [1.807, 2.05) is 115 Å². The molecular formula is C131H196N4O11. The summed E-state index contributed by atoms with van der Waals surface area (Å²) < 4.78 is 18.4. The predicted octanol–water partition coefficient (Wildman–Crippen LogP) is 32.9. The van der Waals surface area contributed by atoms with Crippen LogP contribution in [0.3, 0.4) is 0 Å². The van der Waals surface area contributed by atoms with Crippen molar-refractivity contribution in [2.24, 2.45) is 53.3 Å². The molecule has 3 aliphatic rings. The minimum Gasteiger partial charge on any atom is -0.508 e. The number of nitrogens with zero attached hydrogens (tertiary/aromatic N) is 4. The third kappa shape index (κ3) is 37.1. The van der Waals surface area contributed by atoms with Crippen LogP contribution in [-0.2, 0) is 14.2 Å². The molecule has 0 spiro atoms. The molecule has 146 heavy (non-hydrogen) atoms. The van der Waals surface area contributed by atoms with Gasteiger partial charge in [-0.2, -0.15) is 0 Å². The summed E-state index contributed by atoms with van der Waals surface area (Å²) >= 11 is 0. The Kier molecular flexibility index (Phi) is 53.7. The molecule has 0 saturated heterocycles. The van der Waals surface area contributed by atoms with Crippen molar-refractivity contribution < 1.29 is 53.8 Å². The number of aromatic hydroxyl groups is 4. The topological polar surface area (TPSA) is 190 Å². The molecule has 12 rings (SSSR count). The molecule has 0 heterocycles. The number of Topliss-reactive ketones (excluding diaryl/α,β-unsaturated/α-hetero) is 1. The number of rotatable bonds is 41. The lowest BCUT2D eigenvalue weighted by atomic mass is 9.75. The van der Waals surface area contributed by atoms with Crippen molar-refractivity contribution >= 4 is 23.7 Å². The lowest BCUT2D eigenvalue weighted by Gasteiger charge is -2.36. The number of ether oxygens (including phenoxy) is 3. The van der Waals surface area contributed by atoms with E-state index in [-0.39, 0.29) is 124 Å². The monoisotopic (exact) mass is 2000 g/mol. The van der Waals surface area contributed by atoms with Crippen LogP contribution < -0.4 is 0 Å². The largest absolute Gasteiger partial charge is 0.508 e. The third-order valence-corrected chi connectivity index (χ3v) is 31.0. The number of hydrogen-bond donors (Lipinski definition) is 4. The number of phenolic OH excluding ortho intramolecular Hbond substituents is 4. The highest BCUT2D eigenvalue weighted by atomic mass is 16.6. The van der Waals surface area contributed by atoms with Crippen molar-refractivity contribution in [2.45, 2.75) is 396 Å². The predicted molar refractivity (Wildman–Crippen MR) is 614 cm³/mol. The average molecular weight is 2000 g/mol. The van der Waals surface area contributed by atoms with Crippen LogP contribution in [0.5, 0.6) is 23.0 Å². The maximum Gasteiger partial charge on any atom is 0.338 e. The SMILES string of the molecule is C.C.C.C.CC(C)N(CC[C@H](c1ccccc1)c1cc(C(=O)C[C@@H](C)c2ccccc2)ccc1O)C(C)C.CC(C)[C@@H]1CC[C@@H](C)C[C@H]1OC(=O)c1ccc(O)c([C@@H](CCN(C(C)C)C(C)C)c2ccccc2)c1.CC(C)[C@@H]1CC[C@@H](C)C[C@H]1OC(=O)c1ccc(O)c([C@H](CCN(C(C)C)C(C)C)c2ccccc2)c1.CC(C)[C@H]1CC[C@H](C)C[C@@H]1OC(=O)c1ccc(O)c([C@H](CCN(C(C)C)C(C)C)c2ccccc2)c1. The molecule has 9 aromatic rings. The highest BCUT2D eigenvalue weighted by molar-refractivity contribution is 5.97. The first-order valence-corrected chi connectivity index (χ1v) is 54.3. The van der Waals surface area contributed by atoms with Crippen molar-refractivity contribution in [3.05, 3.63) is 297 Å². The maximum absolute atomic E-state index is 13.3. The summed E-state index contributed by atoms with van der Waals surface area (Å²) in [6.45, 7) is 61.4. The Bertz CT molecular complexity index is 4840. The summed E-state index contributed by atoms with van der Waals surface area (Å²) in [5.74, 6) is 4.68. The number of carbonyl (C=O) groups excluding carboxylic acids is 4. The van der Waals surface area contributed by atoms with Gasteiger partial charge >= 0.3 is 17.9 Å². The van der Waals surface area contributed by atoms with Gasteiger partial charge in [-0.3, -0.25) is 24.4 Å².